The van der Waals surface area contributed by atoms with Gasteiger partial charge in [0.25, 0.3) is 10.0 Å². The predicted octanol–water partition coefficient (Wildman–Crippen LogP) is 5.10. The highest BCUT2D eigenvalue weighted by Crippen LogP contribution is 2.30. The number of benzene rings is 1. The molecule has 1 aromatic carbocycles. The molecule has 0 saturated carbocycles. The molecule has 0 saturated heterocycles. The van der Waals surface area contributed by atoms with Gasteiger partial charge in [0.05, 0.1) is 15.6 Å². The van der Waals surface area contributed by atoms with E-state index in [1.165, 1.54) is 0 Å². The molecular formula is C23H54O6Si8. The van der Waals surface area contributed by atoms with Gasteiger partial charge in [-0.3, -0.25) is 0 Å². The van der Waals surface area contributed by atoms with Crippen LogP contribution in [0.4, 0.5) is 0 Å². The van der Waals surface area contributed by atoms with Gasteiger partial charge in [-0.2, -0.15) is 0 Å². The largest absolute Gasteiger partial charge is 0.549 e. The Hall–Kier alpha value is 0.135. The smallest absolute Gasteiger partial charge is 0.507 e. The summed E-state index contributed by atoms with van der Waals surface area (Å²) >= 11 is 0. The third-order valence-corrected chi connectivity index (χ3v) is 21.2. The quantitative estimate of drug-likeness (QED) is 0.206. The van der Waals surface area contributed by atoms with Crippen LogP contribution in [0.3, 0.4) is 0 Å². The maximum Gasteiger partial charge on any atom is 0.507 e. The zero-order valence-corrected chi connectivity index (χ0v) is 35.9. The third kappa shape index (κ3) is 13.9. The Morgan fingerprint density at radius 2 is 1.05 bits per heavy atom. The van der Waals surface area contributed by atoms with Gasteiger partial charge in [0.2, 0.25) is 16.6 Å². The molecule has 0 heterocycles. The van der Waals surface area contributed by atoms with E-state index < -0.39 is 60.4 Å². The highest BCUT2D eigenvalue weighted by Gasteiger charge is 2.51. The van der Waals surface area contributed by atoms with Crippen molar-refractivity contribution >= 4 is 81.6 Å². The summed E-state index contributed by atoms with van der Waals surface area (Å²) < 4.78 is 40.7. The molecule has 37 heavy (non-hydrogen) atoms. The zero-order chi connectivity index (χ0) is 29.1. The summed E-state index contributed by atoms with van der Waals surface area (Å²) in [7, 11) is -13.7. The summed E-state index contributed by atoms with van der Waals surface area (Å²) in [5.41, 5.74) is 0.985. The monoisotopic (exact) mass is 650 g/mol. The molecule has 14 heteroatoms. The minimum absolute atomic E-state index is 0.737. The second-order valence-corrected chi connectivity index (χ2v) is 42.6. The Balaban J connectivity index is 3.98. The van der Waals surface area contributed by atoms with Crippen molar-refractivity contribution in [2.24, 2.45) is 0 Å². The molecule has 6 nitrogen and oxygen atoms in total. The second-order valence-electron chi connectivity index (χ2n) is 14.4. The van der Waals surface area contributed by atoms with Crippen LogP contribution in [-0.2, 0) is 25.3 Å². The lowest BCUT2D eigenvalue weighted by atomic mass is 10.2. The molecule has 0 bridgehead atoms. The SMILES string of the molecule is C[Si](C)(C)O[SiH2]O[Si](O[Si](C)(C)C)(O[Si](C)(C)C)c1ccccc1C(O[Si](C)(C)C)=C([SiH3])O[Si](C)(C)C. The summed E-state index contributed by atoms with van der Waals surface area (Å²) in [6.45, 7) is 33.1. The molecule has 0 radical (unpaired) electrons. The van der Waals surface area contributed by atoms with Crippen LogP contribution in [0.5, 0.6) is 0 Å². The van der Waals surface area contributed by atoms with Crippen molar-refractivity contribution in [3.05, 3.63) is 35.2 Å². The van der Waals surface area contributed by atoms with Gasteiger partial charge in [-0.25, -0.2) is 0 Å². The Bertz CT molecular complexity index is 905. The molecule has 0 aliphatic heterocycles. The van der Waals surface area contributed by atoms with E-state index in [1.54, 1.807) is 0 Å². The van der Waals surface area contributed by atoms with E-state index in [-0.39, 0.29) is 0 Å². The molecule has 214 valence electrons. The average Bonchev–Trinajstić information content (AvgIpc) is 2.60. The molecular weight excluding hydrogens is 597 g/mol. The van der Waals surface area contributed by atoms with Gasteiger partial charge in [0.1, 0.15) is 5.76 Å². The lowest BCUT2D eigenvalue weighted by Gasteiger charge is -2.41. The Labute approximate surface area is 239 Å². The summed E-state index contributed by atoms with van der Waals surface area (Å²) in [5, 5.41) is 1.93. The first-order valence-corrected chi connectivity index (χ1v) is 34.1. The van der Waals surface area contributed by atoms with Gasteiger partial charge >= 0.3 is 8.80 Å². The molecule has 0 aliphatic rings. The fraction of sp³-hybridized carbons (Fsp3) is 0.652. The van der Waals surface area contributed by atoms with E-state index >= 15 is 0 Å². The van der Waals surface area contributed by atoms with Gasteiger partial charge in [0, 0.05) is 10.8 Å². The van der Waals surface area contributed by atoms with E-state index in [9.17, 15) is 0 Å². The fourth-order valence-corrected chi connectivity index (χ4v) is 21.4. The van der Waals surface area contributed by atoms with Crippen molar-refractivity contribution < 1.29 is 25.3 Å². The fourth-order valence-electron chi connectivity index (χ4n) is 3.43. The Morgan fingerprint density at radius 1 is 0.595 bits per heavy atom. The molecule has 0 aromatic heterocycles. The van der Waals surface area contributed by atoms with E-state index in [0.29, 0.717) is 0 Å². The topological polar surface area (TPSA) is 55.4 Å². The molecule has 0 aliphatic carbocycles. The molecule has 0 N–H and O–H groups in total. The summed E-state index contributed by atoms with van der Waals surface area (Å²) in [5.74, 6) is 0.843. The second kappa shape index (κ2) is 12.8. The minimum Gasteiger partial charge on any atom is -0.549 e. The van der Waals surface area contributed by atoms with Gasteiger partial charge in [-0.05, 0) is 98.2 Å². The third-order valence-electron chi connectivity index (χ3n) is 4.31. The van der Waals surface area contributed by atoms with Crippen molar-refractivity contribution in [1.82, 2.24) is 0 Å². The standard InChI is InChI=1S/C23H54O6Si8/c1-32(2,3)24-22(23(30)25-33(4,5)6)20-18-16-17-19-21(20)37(28-35(10,11)12,29-36(13,14)15)27-31-26-34(7,8)9/h16-19H,31H2,1-15,30H3. The van der Waals surface area contributed by atoms with Crippen LogP contribution in [0, 0.1) is 0 Å². The van der Waals surface area contributed by atoms with Crippen LogP contribution < -0.4 is 5.19 Å². The normalized spacial score (nSPS) is 15.3. The van der Waals surface area contributed by atoms with E-state index in [4.69, 9.17) is 25.3 Å². The van der Waals surface area contributed by atoms with Crippen molar-refractivity contribution in [3.8, 4) is 0 Å². The number of rotatable bonds is 14. The first-order valence-electron chi connectivity index (χ1n) is 13.2. The summed E-state index contributed by atoms with van der Waals surface area (Å²) in [6, 6.07) is 8.38. The summed E-state index contributed by atoms with van der Waals surface area (Å²) in [4.78, 5) is 0. The Morgan fingerprint density at radius 3 is 1.46 bits per heavy atom. The van der Waals surface area contributed by atoms with E-state index in [0.717, 1.165) is 32.1 Å². The molecule has 1 aromatic rings. The molecule has 1 rings (SSSR count). The van der Waals surface area contributed by atoms with Crippen molar-refractivity contribution in [2.75, 3.05) is 0 Å². The first kappa shape index (κ1) is 35.2. The van der Waals surface area contributed by atoms with Gasteiger partial charge in [-0.1, -0.05) is 24.3 Å². The molecule has 0 unspecified atom stereocenters. The van der Waals surface area contributed by atoms with Crippen LogP contribution in [-0.4, -0.2) is 70.6 Å². The lowest BCUT2D eigenvalue weighted by molar-refractivity contribution is 0.264. The van der Waals surface area contributed by atoms with Gasteiger partial charge in [-0.15, -0.1) is 0 Å². The van der Waals surface area contributed by atoms with Crippen molar-refractivity contribution in [1.29, 1.82) is 0 Å². The van der Waals surface area contributed by atoms with Crippen LogP contribution in [0.1, 0.15) is 5.56 Å². The van der Waals surface area contributed by atoms with E-state index in [1.807, 2.05) is 0 Å². The minimum atomic E-state index is -3.37. The highest BCUT2D eigenvalue weighted by molar-refractivity contribution is 6.93. The zero-order valence-electron chi connectivity index (χ0n) is 26.5. The first-order chi connectivity index (χ1) is 16.3. The van der Waals surface area contributed by atoms with Gasteiger partial charge in [0.15, 0.2) is 25.0 Å². The number of hydrogen-bond acceptors (Lipinski definition) is 6. The highest BCUT2D eigenvalue weighted by atomic mass is 28.5. The Kier molecular flexibility index (Phi) is 12.1. The van der Waals surface area contributed by atoms with Crippen molar-refractivity contribution in [2.45, 2.75) is 98.2 Å². The maximum atomic E-state index is 7.05. The average molecular weight is 651 g/mol. The van der Waals surface area contributed by atoms with Crippen LogP contribution in [0.25, 0.3) is 5.76 Å². The molecule has 0 spiro atoms. The maximum absolute atomic E-state index is 7.05. The van der Waals surface area contributed by atoms with E-state index in [2.05, 4.69) is 122 Å². The van der Waals surface area contributed by atoms with Crippen LogP contribution >= 0.6 is 0 Å². The summed E-state index contributed by atoms with van der Waals surface area (Å²) in [6.07, 6.45) is 0. The number of hydrogen-bond donors (Lipinski definition) is 0. The van der Waals surface area contributed by atoms with Gasteiger partial charge < -0.3 is 25.3 Å². The van der Waals surface area contributed by atoms with Crippen LogP contribution in [0.15, 0.2) is 29.6 Å². The molecule has 0 atom stereocenters. The lowest BCUT2D eigenvalue weighted by Crippen LogP contribution is -2.66. The van der Waals surface area contributed by atoms with Crippen molar-refractivity contribution in [3.63, 3.8) is 0 Å². The molecule has 0 amide bonds. The predicted molar refractivity (Wildman–Crippen MR) is 180 cm³/mol. The molecule has 0 fully saturated rings. The van der Waals surface area contributed by atoms with Crippen LogP contribution in [0.2, 0.25) is 98.2 Å².